The number of aromatic nitrogens is 3. The van der Waals surface area contributed by atoms with E-state index < -0.39 is 0 Å². The highest BCUT2D eigenvalue weighted by molar-refractivity contribution is 5.76. The summed E-state index contributed by atoms with van der Waals surface area (Å²) in [7, 11) is 3.30. The summed E-state index contributed by atoms with van der Waals surface area (Å²) in [6.07, 6.45) is 3.76. The molecule has 0 radical (unpaired) electrons. The fraction of sp³-hybridized carbons (Fsp3) is 0.500. The van der Waals surface area contributed by atoms with Gasteiger partial charge in [0.25, 0.3) is 5.88 Å². The molecule has 0 bridgehead atoms. The van der Waals surface area contributed by atoms with E-state index in [0.717, 1.165) is 0 Å². The molecule has 3 rings (SSSR count). The van der Waals surface area contributed by atoms with Crippen molar-refractivity contribution in [1.29, 1.82) is 0 Å². The molecule has 1 amide bonds. The third-order valence-electron chi connectivity index (χ3n) is 4.02. The minimum Gasteiger partial charge on any atom is -0.479 e. The van der Waals surface area contributed by atoms with Gasteiger partial charge in [-0.15, -0.1) is 0 Å². The third kappa shape index (κ3) is 4.05. The molecule has 1 aliphatic heterocycles. The van der Waals surface area contributed by atoms with Crippen molar-refractivity contribution in [3.05, 3.63) is 29.9 Å². The Bertz CT molecular complexity index is 720. The number of hydrogen-bond acceptors (Lipinski definition) is 8. The maximum atomic E-state index is 12.5. The molecule has 0 spiro atoms. The molecule has 134 valence electrons. The van der Waals surface area contributed by atoms with Gasteiger partial charge in [0.1, 0.15) is 23.4 Å². The Morgan fingerprint density at radius 2 is 2.28 bits per heavy atom. The molecule has 0 unspecified atom stereocenters. The van der Waals surface area contributed by atoms with Gasteiger partial charge in [0.2, 0.25) is 5.91 Å². The number of morpholine rings is 1. The minimum atomic E-state index is -0.292. The standard InChI is InChI=1S/C16H21N5O4/c1-17-16-15(18-5-6-19-16)12-10-21(7-8-24-12)14(22)4-3-11-9-13(23-2)20-25-11/h5-6,9,12H,3-4,7-8,10H2,1-2H3,(H,17,19)/t12-/m1/s1. The van der Waals surface area contributed by atoms with Gasteiger partial charge in [0.15, 0.2) is 0 Å². The Kier molecular flexibility index (Phi) is 5.44. The van der Waals surface area contributed by atoms with Crippen molar-refractivity contribution in [2.24, 2.45) is 0 Å². The molecule has 0 saturated carbocycles. The monoisotopic (exact) mass is 347 g/mol. The van der Waals surface area contributed by atoms with Crippen LogP contribution in [-0.2, 0) is 16.0 Å². The van der Waals surface area contributed by atoms with Crippen molar-refractivity contribution in [3.63, 3.8) is 0 Å². The quantitative estimate of drug-likeness (QED) is 0.827. The molecule has 2 aromatic rings. The Balaban J connectivity index is 1.59. The van der Waals surface area contributed by atoms with Gasteiger partial charge in [-0.3, -0.25) is 9.78 Å². The van der Waals surface area contributed by atoms with E-state index in [1.165, 1.54) is 7.11 Å². The average molecular weight is 347 g/mol. The smallest absolute Gasteiger partial charge is 0.254 e. The summed E-state index contributed by atoms with van der Waals surface area (Å²) in [6.45, 7) is 1.47. The second kappa shape index (κ2) is 7.93. The van der Waals surface area contributed by atoms with Crippen LogP contribution in [-0.4, -0.2) is 59.8 Å². The van der Waals surface area contributed by atoms with Crippen molar-refractivity contribution in [3.8, 4) is 5.88 Å². The molecule has 1 aliphatic rings. The Morgan fingerprint density at radius 3 is 3.04 bits per heavy atom. The van der Waals surface area contributed by atoms with E-state index in [0.29, 0.717) is 55.7 Å². The number of nitrogens with one attached hydrogen (secondary N) is 1. The van der Waals surface area contributed by atoms with Gasteiger partial charge in [-0.1, -0.05) is 0 Å². The summed E-state index contributed by atoms with van der Waals surface area (Å²) in [5, 5.41) is 6.73. The van der Waals surface area contributed by atoms with Crippen LogP contribution in [0.1, 0.15) is 24.0 Å². The summed E-state index contributed by atoms with van der Waals surface area (Å²) in [6, 6.07) is 1.69. The molecule has 0 aliphatic carbocycles. The van der Waals surface area contributed by atoms with Gasteiger partial charge in [-0.2, -0.15) is 0 Å². The number of anilines is 1. The van der Waals surface area contributed by atoms with Crippen LogP contribution < -0.4 is 10.1 Å². The number of methoxy groups -OCH3 is 1. The molecule has 25 heavy (non-hydrogen) atoms. The average Bonchev–Trinajstić information content (AvgIpc) is 3.14. The zero-order valence-electron chi connectivity index (χ0n) is 14.3. The molecular weight excluding hydrogens is 326 g/mol. The summed E-state index contributed by atoms with van der Waals surface area (Å²) in [4.78, 5) is 22.9. The first-order valence-electron chi connectivity index (χ1n) is 8.09. The number of ether oxygens (including phenoxy) is 2. The van der Waals surface area contributed by atoms with Crippen LogP contribution >= 0.6 is 0 Å². The van der Waals surface area contributed by atoms with Crippen LogP contribution in [0.4, 0.5) is 5.82 Å². The molecule has 1 N–H and O–H groups in total. The molecule has 1 saturated heterocycles. The molecule has 3 heterocycles. The van der Waals surface area contributed by atoms with Crippen LogP contribution in [0, 0.1) is 0 Å². The van der Waals surface area contributed by atoms with Crippen molar-refractivity contribution in [1.82, 2.24) is 20.0 Å². The zero-order valence-corrected chi connectivity index (χ0v) is 14.3. The lowest BCUT2D eigenvalue weighted by Gasteiger charge is -2.33. The number of rotatable bonds is 6. The first-order valence-corrected chi connectivity index (χ1v) is 8.09. The SMILES string of the molecule is CNc1nccnc1[C@H]1CN(C(=O)CCc2cc(OC)no2)CCO1. The lowest BCUT2D eigenvalue weighted by atomic mass is 10.1. The normalized spacial score (nSPS) is 17.4. The summed E-state index contributed by atoms with van der Waals surface area (Å²) in [5.41, 5.74) is 0.711. The second-order valence-electron chi connectivity index (χ2n) is 5.57. The van der Waals surface area contributed by atoms with Crippen molar-refractivity contribution in [2.75, 3.05) is 39.2 Å². The van der Waals surface area contributed by atoms with Crippen molar-refractivity contribution >= 4 is 11.7 Å². The van der Waals surface area contributed by atoms with E-state index in [4.69, 9.17) is 14.0 Å². The van der Waals surface area contributed by atoms with Crippen LogP contribution in [0.5, 0.6) is 5.88 Å². The summed E-state index contributed by atoms with van der Waals surface area (Å²) >= 11 is 0. The summed E-state index contributed by atoms with van der Waals surface area (Å²) < 4.78 is 15.9. The fourth-order valence-corrected chi connectivity index (χ4v) is 2.71. The number of nitrogens with zero attached hydrogens (tertiary/aromatic N) is 4. The lowest BCUT2D eigenvalue weighted by Crippen LogP contribution is -2.42. The first-order chi connectivity index (χ1) is 12.2. The molecule has 9 heteroatoms. The van der Waals surface area contributed by atoms with Gasteiger partial charge in [-0.05, 0) is 5.16 Å². The highest BCUT2D eigenvalue weighted by Crippen LogP contribution is 2.25. The highest BCUT2D eigenvalue weighted by Gasteiger charge is 2.28. The second-order valence-corrected chi connectivity index (χ2v) is 5.57. The molecule has 0 aromatic carbocycles. The first kappa shape index (κ1) is 17.2. The van der Waals surface area contributed by atoms with E-state index in [1.807, 2.05) is 0 Å². The topological polar surface area (TPSA) is 103 Å². The van der Waals surface area contributed by atoms with E-state index in [1.54, 1.807) is 30.4 Å². The molecular formula is C16H21N5O4. The molecule has 1 atom stereocenters. The molecule has 2 aromatic heterocycles. The number of aryl methyl sites for hydroxylation is 1. The summed E-state index contributed by atoms with van der Waals surface area (Å²) in [5.74, 6) is 1.74. The van der Waals surface area contributed by atoms with E-state index in [2.05, 4.69) is 20.4 Å². The zero-order chi connectivity index (χ0) is 17.6. The number of carbonyl (C=O) groups excluding carboxylic acids is 1. The predicted molar refractivity (Wildman–Crippen MR) is 88.2 cm³/mol. The minimum absolute atomic E-state index is 0.0403. The lowest BCUT2D eigenvalue weighted by molar-refractivity contribution is -0.139. The number of carbonyl (C=O) groups is 1. The Morgan fingerprint density at radius 1 is 1.44 bits per heavy atom. The van der Waals surface area contributed by atoms with E-state index >= 15 is 0 Å². The maximum Gasteiger partial charge on any atom is 0.254 e. The fourth-order valence-electron chi connectivity index (χ4n) is 2.71. The Hall–Kier alpha value is -2.68. The van der Waals surface area contributed by atoms with Gasteiger partial charge in [0, 0.05) is 44.9 Å². The van der Waals surface area contributed by atoms with Gasteiger partial charge >= 0.3 is 0 Å². The van der Waals surface area contributed by atoms with E-state index in [-0.39, 0.29) is 12.0 Å². The Labute approximate surface area is 145 Å². The van der Waals surface area contributed by atoms with Crippen LogP contribution in [0.25, 0.3) is 0 Å². The molecule has 9 nitrogen and oxygen atoms in total. The van der Waals surface area contributed by atoms with Gasteiger partial charge < -0.3 is 24.2 Å². The predicted octanol–water partition coefficient (Wildman–Crippen LogP) is 1.05. The van der Waals surface area contributed by atoms with Crippen molar-refractivity contribution in [2.45, 2.75) is 18.9 Å². The highest BCUT2D eigenvalue weighted by atomic mass is 16.5. The molecule has 1 fully saturated rings. The largest absolute Gasteiger partial charge is 0.479 e. The van der Waals surface area contributed by atoms with Crippen LogP contribution in [0.2, 0.25) is 0 Å². The van der Waals surface area contributed by atoms with E-state index in [9.17, 15) is 4.79 Å². The van der Waals surface area contributed by atoms with Crippen molar-refractivity contribution < 1.29 is 18.8 Å². The van der Waals surface area contributed by atoms with Gasteiger partial charge in [-0.25, -0.2) is 4.98 Å². The van der Waals surface area contributed by atoms with Crippen LogP contribution in [0.3, 0.4) is 0 Å². The van der Waals surface area contributed by atoms with Crippen LogP contribution in [0.15, 0.2) is 23.0 Å². The van der Waals surface area contributed by atoms with Gasteiger partial charge in [0.05, 0.1) is 20.3 Å². The maximum absolute atomic E-state index is 12.5. The number of amides is 1. The third-order valence-corrected chi connectivity index (χ3v) is 4.02. The number of hydrogen-bond donors (Lipinski definition) is 1.